The highest BCUT2D eigenvalue weighted by atomic mass is 14.8. The summed E-state index contributed by atoms with van der Waals surface area (Å²) in [5.41, 5.74) is 5.13. The molecule has 0 aromatic carbocycles. The standard InChI is InChI=1S/2C9H9N/c1-8-4-5-9-3-2-6-10(9)7-8;1-8-4-6-10-5-2-3-9(10)7-8/h2*2-7H,1H3. The molecule has 0 atom stereocenters. The van der Waals surface area contributed by atoms with E-state index in [1.165, 1.54) is 22.2 Å². The molecule has 0 radical (unpaired) electrons. The van der Waals surface area contributed by atoms with Crippen LogP contribution in [-0.4, -0.2) is 8.80 Å². The lowest BCUT2D eigenvalue weighted by Gasteiger charge is -1.94. The molecule has 100 valence electrons. The van der Waals surface area contributed by atoms with Crippen molar-refractivity contribution in [1.29, 1.82) is 0 Å². The van der Waals surface area contributed by atoms with E-state index in [1.807, 2.05) is 0 Å². The maximum Gasteiger partial charge on any atom is 0.0452 e. The second kappa shape index (κ2) is 5.25. The Morgan fingerprint density at radius 3 is 2.25 bits per heavy atom. The predicted molar refractivity (Wildman–Crippen MR) is 84.3 cm³/mol. The van der Waals surface area contributed by atoms with Crippen LogP contribution in [0.5, 0.6) is 0 Å². The van der Waals surface area contributed by atoms with E-state index in [2.05, 4.69) is 96.0 Å². The minimum absolute atomic E-state index is 1.26. The molecular weight excluding hydrogens is 244 g/mol. The fourth-order valence-corrected chi connectivity index (χ4v) is 2.29. The SMILES string of the molecule is Cc1ccc2cccn2c1.Cc1ccn2cccc2c1. The summed E-state index contributed by atoms with van der Waals surface area (Å²) in [6.07, 6.45) is 8.30. The Morgan fingerprint density at radius 2 is 1.40 bits per heavy atom. The Morgan fingerprint density at radius 1 is 0.650 bits per heavy atom. The van der Waals surface area contributed by atoms with Crippen molar-refractivity contribution in [3.05, 3.63) is 84.4 Å². The van der Waals surface area contributed by atoms with Gasteiger partial charge in [0.1, 0.15) is 0 Å². The van der Waals surface area contributed by atoms with Gasteiger partial charge >= 0.3 is 0 Å². The van der Waals surface area contributed by atoms with Gasteiger partial charge in [0.2, 0.25) is 0 Å². The highest BCUT2D eigenvalue weighted by Gasteiger charge is 1.89. The highest BCUT2D eigenvalue weighted by Crippen LogP contribution is 2.06. The molecule has 20 heavy (non-hydrogen) atoms. The normalized spacial score (nSPS) is 10.5. The first kappa shape index (κ1) is 12.5. The molecule has 0 saturated carbocycles. The summed E-state index contributed by atoms with van der Waals surface area (Å²) >= 11 is 0. The highest BCUT2D eigenvalue weighted by molar-refractivity contribution is 5.49. The number of rotatable bonds is 0. The maximum atomic E-state index is 2.17. The molecule has 0 spiro atoms. The van der Waals surface area contributed by atoms with Crippen molar-refractivity contribution in [2.24, 2.45) is 0 Å². The van der Waals surface area contributed by atoms with Gasteiger partial charge in [-0.05, 0) is 67.4 Å². The van der Waals surface area contributed by atoms with E-state index in [0.717, 1.165) is 0 Å². The number of hydrogen-bond donors (Lipinski definition) is 0. The molecule has 2 nitrogen and oxygen atoms in total. The van der Waals surface area contributed by atoms with Crippen LogP contribution in [-0.2, 0) is 0 Å². The number of fused-ring (bicyclic) bond motifs is 2. The topological polar surface area (TPSA) is 8.82 Å². The molecular formula is C18H18N2. The van der Waals surface area contributed by atoms with Gasteiger partial charge in [0.15, 0.2) is 0 Å². The van der Waals surface area contributed by atoms with Crippen LogP contribution in [0.3, 0.4) is 0 Å². The number of aryl methyl sites for hydroxylation is 2. The molecule has 0 amide bonds. The number of aromatic nitrogens is 2. The number of nitrogens with zero attached hydrogens (tertiary/aromatic N) is 2. The molecule has 0 aliphatic rings. The first-order valence-electron chi connectivity index (χ1n) is 6.79. The summed E-state index contributed by atoms with van der Waals surface area (Å²) in [6.45, 7) is 4.20. The van der Waals surface area contributed by atoms with Gasteiger partial charge < -0.3 is 8.80 Å². The predicted octanol–water partition coefficient (Wildman–Crippen LogP) is 4.50. The van der Waals surface area contributed by atoms with Crippen LogP contribution in [0.25, 0.3) is 11.0 Å². The van der Waals surface area contributed by atoms with Gasteiger partial charge in [0.05, 0.1) is 0 Å². The van der Waals surface area contributed by atoms with E-state index in [0.29, 0.717) is 0 Å². The number of pyridine rings is 2. The van der Waals surface area contributed by atoms with E-state index in [1.54, 1.807) is 0 Å². The molecule has 4 rings (SSSR count). The summed E-state index contributed by atoms with van der Waals surface area (Å²) in [7, 11) is 0. The molecule has 2 heteroatoms. The summed E-state index contributed by atoms with van der Waals surface area (Å²) in [4.78, 5) is 0. The van der Waals surface area contributed by atoms with Crippen molar-refractivity contribution < 1.29 is 0 Å². The zero-order valence-electron chi connectivity index (χ0n) is 11.8. The van der Waals surface area contributed by atoms with Gasteiger partial charge in [-0.2, -0.15) is 0 Å². The molecule has 0 saturated heterocycles. The third kappa shape index (κ3) is 2.59. The van der Waals surface area contributed by atoms with Crippen molar-refractivity contribution in [3.63, 3.8) is 0 Å². The molecule has 0 bridgehead atoms. The van der Waals surface area contributed by atoms with Crippen molar-refractivity contribution in [3.8, 4) is 0 Å². The Bertz CT molecular complexity index is 765. The lowest BCUT2D eigenvalue weighted by molar-refractivity contribution is 1.17. The van der Waals surface area contributed by atoms with E-state index in [9.17, 15) is 0 Å². The monoisotopic (exact) mass is 262 g/mol. The Labute approximate surface area is 118 Å². The first-order valence-corrected chi connectivity index (χ1v) is 6.79. The van der Waals surface area contributed by atoms with Crippen LogP contribution in [0.15, 0.2) is 73.3 Å². The van der Waals surface area contributed by atoms with Crippen molar-refractivity contribution in [1.82, 2.24) is 8.80 Å². The van der Waals surface area contributed by atoms with Crippen LogP contribution in [0.4, 0.5) is 0 Å². The largest absolute Gasteiger partial charge is 0.324 e. The average molecular weight is 262 g/mol. The third-order valence-electron chi connectivity index (χ3n) is 3.36. The van der Waals surface area contributed by atoms with E-state index < -0.39 is 0 Å². The molecule has 4 aromatic rings. The zero-order valence-corrected chi connectivity index (χ0v) is 11.8. The van der Waals surface area contributed by atoms with Gasteiger partial charge in [0, 0.05) is 35.8 Å². The minimum atomic E-state index is 1.26. The van der Waals surface area contributed by atoms with E-state index in [-0.39, 0.29) is 0 Å². The molecule has 4 aromatic heterocycles. The van der Waals surface area contributed by atoms with Crippen LogP contribution >= 0.6 is 0 Å². The summed E-state index contributed by atoms with van der Waals surface area (Å²) in [6, 6.07) is 16.8. The van der Waals surface area contributed by atoms with E-state index in [4.69, 9.17) is 0 Å². The molecule has 0 N–H and O–H groups in total. The van der Waals surface area contributed by atoms with Crippen molar-refractivity contribution >= 4 is 11.0 Å². The fraction of sp³-hybridized carbons (Fsp3) is 0.111. The van der Waals surface area contributed by atoms with Crippen molar-refractivity contribution in [2.75, 3.05) is 0 Å². The van der Waals surface area contributed by atoms with E-state index >= 15 is 0 Å². The third-order valence-corrected chi connectivity index (χ3v) is 3.36. The summed E-state index contributed by atoms with van der Waals surface area (Å²) in [5, 5.41) is 0. The smallest absolute Gasteiger partial charge is 0.0452 e. The molecule has 4 heterocycles. The van der Waals surface area contributed by atoms with Gasteiger partial charge in [-0.25, -0.2) is 0 Å². The van der Waals surface area contributed by atoms with Crippen molar-refractivity contribution in [2.45, 2.75) is 13.8 Å². The van der Waals surface area contributed by atoms with Crippen LogP contribution in [0.2, 0.25) is 0 Å². The van der Waals surface area contributed by atoms with Gasteiger partial charge in [-0.1, -0.05) is 6.07 Å². The molecule has 0 fully saturated rings. The maximum absolute atomic E-state index is 2.17. The Kier molecular flexibility index (Phi) is 3.30. The summed E-state index contributed by atoms with van der Waals surface area (Å²) in [5.74, 6) is 0. The van der Waals surface area contributed by atoms with Crippen LogP contribution < -0.4 is 0 Å². The lowest BCUT2D eigenvalue weighted by Crippen LogP contribution is -1.81. The molecule has 0 aliphatic heterocycles. The summed E-state index contributed by atoms with van der Waals surface area (Å²) < 4.78 is 4.22. The van der Waals surface area contributed by atoms with Crippen LogP contribution in [0.1, 0.15) is 11.1 Å². The first-order chi connectivity index (χ1) is 9.72. The van der Waals surface area contributed by atoms with Gasteiger partial charge in [0.25, 0.3) is 0 Å². The zero-order chi connectivity index (χ0) is 13.9. The lowest BCUT2D eigenvalue weighted by atomic mass is 10.3. The second-order valence-electron chi connectivity index (χ2n) is 5.09. The van der Waals surface area contributed by atoms with Gasteiger partial charge in [-0.15, -0.1) is 0 Å². The molecule has 0 unspecified atom stereocenters. The Balaban J connectivity index is 0.000000121. The fourth-order valence-electron chi connectivity index (χ4n) is 2.29. The number of hydrogen-bond acceptors (Lipinski definition) is 0. The van der Waals surface area contributed by atoms with Crippen LogP contribution in [0, 0.1) is 13.8 Å². The quantitative estimate of drug-likeness (QED) is 0.441. The Hall–Kier alpha value is -2.48. The average Bonchev–Trinajstić information content (AvgIpc) is 3.06. The molecule has 0 aliphatic carbocycles. The van der Waals surface area contributed by atoms with Gasteiger partial charge in [-0.3, -0.25) is 0 Å². The second-order valence-corrected chi connectivity index (χ2v) is 5.09. The minimum Gasteiger partial charge on any atom is -0.324 e.